The summed E-state index contributed by atoms with van der Waals surface area (Å²) >= 11 is 12.3. The van der Waals surface area contributed by atoms with E-state index in [1.54, 1.807) is 36.4 Å². The summed E-state index contributed by atoms with van der Waals surface area (Å²) in [5, 5.41) is 25.4. The second kappa shape index (κ2) is 12.6. The number of rotatable bonds is 7. The smallest absolute Gasteiger partial charge is 0.870 e. The Kier molecular flexibility index (Phi) is 10.0. The van der Waals surface area contributed by atoms with Crippen molar-refractivity contribution in [3.63, 3.8) is 0 Å². The van der Waals surface area contributed by atoms with E-state index in [1.807, 2.05) is 6.92 Å². The molecule has 2 N–H and O–H groups in total. The molecule has 0 aliphatic heterocycles. The van der Waals surface area contributed by atoms with E-state index in [4.69, 9.17) is 27.9 Å². The molecule has 4 aromatic rings. The molecule has 1 amide bonds. The van der Waals surface area contributed by atoms with Crippen molar-refractivity contribution in [1.29, 1.82) is 0 Å². The first-order chi connectivity index (χ1) is 18.0. The van der Waals surface area contributed by atoms with E-state index in [0.717, 1.165) is 6.07 Å². The molecular formula is C26H20Cl2N3NaO6S. The number of anilines is 1. The number of nitrogens with zero attached hydrogens (tertiary/aromatic N) is 2. The number of amides is 1. The van der Waals surface area contributed by atoms with Crippen molar-refractivity contribution in [3.05, 3.63) is 81.8 Å². The van der Waals surface area contributed by atoms with E-state index in [9.17, 15) is 22.9 Å². The maximum atomic E-state index is 13.4. The van der Waals surface area contributed by atoms with Gasteiger partial charge in [-0.05, 0) is 61.2 Å². The molecule has 0 aliphatic carbocycles. The van der Waals surface area contributed by atoms with Gasteiger partial charge in [0.15, 0.2) is 0 Å². The van der Waals surface area contributed by atoms with Gasteiger partial charge in [0.2, 0.25) is 0 Å². The van der Waals surface area contributed by atoms with Gasteiger partial charge in [0.05, 0.1) is 17.3 Å². The number of halogens is 2. The second-order valence-electron chi connectivity index (χ2n) is 8.05. The Hall–Kier alpha value is -2.70. The summed E-state index contributed by atoms with van der Waals surface area (Å²) in [6.45, 7) is 3.72. The van der Waals surface area contributed by atoms with Crippen molar-refractivity contribution in [2.24, 2.45) is 10.2 Å². The molecule has 0 spiro atoms. The molecule has 4 aromatic carbocycles. The normalized spacial score (nSPS) is 11.4. The van der Waals surface area contributed by atoms with Crippen molar-refractivity contribution in [3.8, 4) is 11.5 Å². The fraction of sp³-hybridized carbons (Fsp3) is 0.115. The zero-order valence-corrected chi connectivity index (χ0v) is 25.4. The summed E-state index contributed by atoms with van der Waals surface area (Å²) < 4.78 is 38.8. The molecule has 0 aromatic heterocycles. The van der Waals surface area contributed by atoms with Gasteiger partial charge in [-0.15, -0.1) is 5.11 Å². The van der Waals surface area contributed by atoms with E-state index in [0.29, 0.717) is 28.8 Å². The van der Waals surface area contributed by atoms with Gasteiger partial charge in [-0.1, -0.05) is 53.2 Å². The number of azo groups is 1. The maximum Gasteiger partial charge on any atom is 1.00 e. The Balaban J connectivity index is 0.00000420. The number of hydrogen-bond donors (Lipinski definition) is 2. The summed E-state index contributed by atoms with van der Waals surface area (Å²) in [6, 6.07) is 15.2. The third-order valence-corrected chi connectivity index (χ3v) is 7.16. The minimum absolute atomic E-state index is 0. The number of benzene rings is 4. The van der Waals surface area contributed by atoms with Gasteiger partial charge >= 0.3 is 29.6 Å². The quantitative estimate of drug-likeness (QED) is 0.189. The number of carbonyl (C=O) groups excluding carboxylic acids is 1. The monoisotopic (exact) mass is 595 g/mol. The van der Waals surface area contributed by atoms with Crippen LogP contribution in [0.15, 0.2) is 75.8 Å². The van der Waals surface area contributed by atoms with E-state index in [1.165, 1.54) is 25.1 Å². The minimum atomic E-state index is -4.67. The molecule has 0 bridgehead atoms. The standard InChI is InChI=1S/C26H21Cl2N3O6S.Na/c1-3-37-21-10-8-16(13-20(21)28)29-26(33)18-12-15-6-4-5-7-17(15)24(25(18)32)31-30-23-14(2)19(27)9-11-22(23)38(34,35)36;/h4-13,32H,3H2,1-2H3,(H,29,33)(H,34,35,36);/q;+1/p-1. The van der Waals surface area contributed by atoms with Crippen molar-refractivity contribution >= 4 is 67.1 Å². The van der Waals surface area contributed by atoms with Gasteiger partial charge < -0.3 is 15.2 Å². The molecule has 196 valence electrons. The van der Waals surface area contributed by atoms with Crippen LogP contribution in [0.5, 0.6) is 11.5 Å². The zero-order valence-electron chi connectivity index (χ0n) is 21.0. The molecule has 0 radical (unpaired) electrons. The Bertz CT molecular complexity index is 1710. The molecule has 13 heteroatoms. The van der Waals surface area contributed by atoms with Crippen LogP contribution in [-0.4, -0.2) is 25.5 Å². The summed E-state index contributed by atoms with van der Waals surface area (Å²) in [4.78, 5) is 12.6. The zero-order chi connectivity index (χ0) is 27.6. The summed E-state index contributed by atoms with van der Waals surface area (Å²) in [6.07, 6.45) is 0. The molecule has 0 fully saturated rings. The number of carbonyl (C=O) groups is 1. The van der Waals surface area contributed by atoms with Gasteiger partial charge in [0.25, 0.3) is 16.0 Å². The summed E-state index contributed by atoms with van der Waals surface area (Å²) in [5.41, 5.74) is -0.0865. The van der Waals surface area contributed by atoms with E-state index in [-0.39, 0.29) is 62.1 Å². The second-order valence-corrected chi connectivity index (χ2v) is 10.3. The van der Waals surface area contributed by atoms with E-state index in [2.05, 4.69) is 15.5 Å². The Morgan fingerprint density at radius 1 is 1.03 bits per heavy atom. The Labute approximate surface area is 256 Å². The number of hydrogen-bond acceptors (Lipinski definition) is 7. The molecule has 39 heavy (non-hydrogen) atoms. The summed E-state index contributed by atoms with van der Waals surface area (Å²) in [7, 11) is -4.67. The van der Waals surface area contributed by atoms with Crippen LogP contribution < -0.4 is 44.7 Å². The van der Waals surface area contributed by atoms with Crippen LogP contribution in [0.3, 0.4) is 0 Å². The van der Waals surface area contributed by atoms with Crippen LogP contribution in [0.4, 0.5) is 17.1 Å². The SMILES string of the molecule is CCOc1ccc(NC(=O)c2cc3ccccc3c(N=Nc3c(S(=O)(=O)O)ccc(Cl)c3C)c2[O-])cc1Cl.[Na+]. The summed E-state index contributed by atoms with van der Waals surface area (Å²) in [5.74, 6) is -1.00. The van der Waals surface area contributed by atoms with Crippen LogP contribution in [-0.2, 0) is 10.1 Å². The van der Waals surface area contributed by atoms with Gasteiger partial charge in [-0.3, -0.25) is 9.35 Å². The van der Waals surface area contributed by atoms with Gasteiger partial charge in [0, 0.05) is 21.7 Å². The van der Waals surface area contributed by atoms with Crippen LogP contribution in [0.1, 0.15) is 22.8 Å². The predicted molar refractivity (Wildman–Crippen MR) is 144 cm³/mol. The predicted octanol–water partition coefficient (Wildman–Crippen LogP) is 3.85. The molecule has 0 saturated heterocycles. The first-order valence-corrected chi connectivity index (χ1v) is 13.4. The van der Waals surface area contributed by atoms with E-state index < -0.39 is 26.7 Å². The van der Waals surface area contributed by atoms with Crippen molar-refractivity contribution in [2.75, 3.05) is 11.9 Å². The molecular weight excluding hydrogens is 576 g/mol. The van der Waals surface area contributed by atoms with Crippen LogP contribution in [0.2, 0.25) is 10.0 Å². The molecule has 0 aliphatic rings. The van der Waals surface area contributed by atoms with Crippen LogP contribution in [0.25, 0.3) is 10.8 Å². The topological polar surface area (TPSA) is 140 Å². The third-order valence-electron chi connectivity index (χ3n) is 5.57. The molecule has 0 unspecified atom stereocenters. The van der Waals surface area contributed by atoms with Gasteiger partial charge in [-0.25, -0.2) is 0 Å². The largest absolute Gasteiger partial charge is 1.00 e. The van der Waals surface area contributed by atoms with Crippen LogP contribution >= 0.6 is 23.2 Å². The Morgan fingerprint density at radius 3 is 2.38 bits per heavy atom. The van der Waals surface area contributed by atoms with E-state index >= 15 is 0 Å². The van der Waals surface area contributed by atoms with Crippen molar-refractivity contribution in [2.45, 2.75) is 18.7 Å². The minimum Gasteiger partial charge on any atom is -0.870 e. The van der Waals surface area contributed by atoms with Gasteiger partial charge in [-0.2, -0.15) is 13.5 Å². The molecule has 9 nitrogen and oxygen atoms in total. The average molecular weight is 596 g/mol. The first kappa shape index (κ1) is 30.8. The Morgan fingerprint density at radius 2 is 1.72 bits per heavy atom. The first-order valence-electron chi connectivity index (χ1n) is 11.2. The van der Waals surface area contributed by atoms with Crippen molar-refractivity contribution in [1.82, 2.24) is 0 Å². The van der Waals surface area contributed by atoms with Gasteiger partial charge in [0.1, 0.15) is 16.3 Å². The van der Waals surface area contributed by atoms with Crippen LogP contribution in [0, 0.1) is 6.92 Å². The number of ether oxygens (including phenoxy) is 1. The molecule has 0 atom stereocenters. The molecule has 4 rings (SSSR count). The number of fused-ring (bicyclic) bond motifs is 1. The average Bonchev–Trinajstić information content (AvgIpc) is 2.86. The maximum absolute atomic E-state index is 13.4. The van der Waals surface area contributed by atoms with Crippen molar-refractivity contribution < 1.29 is 57.2 Å². The molecule has 0 heterocycles. The number of nitrogens with one attached hydrogen (secondary N) is 1. The molecule has 0 saturated carbocycles. The third kappa shape index (κ3) is 6.72. The fourth-order valence-electron chi connectivity index (χ4n) is 3.71. The fourth-order valence-corrected chi connectivity index (χ4v) is 4.78.